The first-order valence-corrected chi connectivity index (χ1v) is 26.2. The summed E-state index contributed by atoms with van der Waals surface area (Å²) in [4.78, 5) is 2.39. The molecule has 10 aromatic carbocycles. The minimum Gasteiger partial charge on any atom is -0.310 e. The van der Waals surface area contributed by atoms with Crippen molar-refractivity contribution in [3.8, 4) is 61.3 Å². The molecule has 72 heavy (non-hydrogen) atoms. The van der Waals surface area contributed by atoms with E-state index in [2.05, 4.69) is 252 Å². The zero-order chi connectivity index (χ0) is 47.3. The van der Waals surface area contributed by atoms with Gasteiger partial charge in [0.05, 0.1) is 11.0 Å². The van der Waals surface area contributed by atoms with Crippen molar-refractivity contribution in [2.45, 2.75) is 37.5 Å². The fraction of sp³-hybridized carbons (Fsp3) is 0.143. The first kappa shape index (κ1) is 41.6. The number of hydrogen-bond donors (Lipinski definition) is 0. The summed E-state index contributed by atoms with van der Waals surface area (Å²) in [6, 6.07) is 90.4. The number of aromatic nitrogens is 1. The quantitative estimate of drug-likeness (QED) is 0.147. The Hall–Kier alpha value is -8.20. The second-order valence-electron chi connectivity index (χ2n) is 21.3. The molecule has 2 nitrogen and oxygen atoms in total. The molecule has 4 fully saturated rings. The van der Waals surface area contributed by atoms with Crippen LogP contribution in [0.4, 0.5) is 17.1 Å². The van der Waals surface area contributed by atoms with Gasteiger partial charge in [0.2, 0.25) is 0 Å². The first-order valence-electron chi connectivity index (χ1n) is 26.2. The Labute approximate surface area is 422 Å². The van der Waals surface area contributed by atoms with E-state index < -0.39 is 0 Å². The molecule has 1 aromatic heterocycles. The average molecular weight is 923 g/mol. The van der Waals surface area contributed by atoms with Gasteiger partial charge in [-0.15, -0.1) is 0 Å². The SMILES string of the molecule is c1ccc(-c2ccc(N(c3ccc(-n4c5ccccc5c5ccccc54)cc3)c3cccc(-c4cccc(-c5ccc(-c6cccc7c6-c6ccccc6C76C7CC8CC(C7)CC6C8)cc5)c4)c3)cc2)cc1. The fourth-order valence-corrected chi connectivity index (χ4v) is 14.8. The van der Waals surface area contributed by atoms with Crippen LogP contribution in [0.15, 0.2) is 243 Å². The highest BCUT2D eigenvalue weighted by Crippen LogP contribution is 2.70. The minimum absolute atomic E-state index is 0.177. The molecule has 0 atom stereocenters. The molecule has 0 saturated heterocycles. The molecule has 0 aliphatic heterocycles. The molecule has 0 radical (unpaired) electrons. The maximum absolute atomic E-state index is 2.51. The molecule has 5 aliphatic carbocycles. The van der Waals surface area contributed by atoms with E-state index in [4.69, 9.17) is 0 Å². The Kier molecular flexibility index (Phi) is 9.49. The van der Waals surface area contributed by atoms with Crippen molar-refractivity contribution in [2.24, 2.45) is 23.7 Å². The van der Waals surface area contributed by atoms with Gasteiger partial charge in [-0.2, -0.15) is 0 Å². The van der Waals surface area contributed by atoms with Gasteiger partial charge in [0.15, 0.2) is 0 Å². The summed E-state index contributed by atoms with van der Waals surface area (Å²) >= 11 is 0. The summed E-state index contributed by atoms with van der Waals surface area (Å²) in [5.74, 6) is 3.41. The molecule has 1 heterocycles. The lowest BCUT2D eigenvalue weighted by Gasteiger charge is -2.61. The number of nitrogens with zero attached hydrogens (tertiary/aromatic N) is 2. The monoisotopic (exact) mass is 922 g/mol. The van der Waals surface area contributed by atoms with E-state index in [1.807, 2.05) is 0 Å². The van der Waals surface area contributed by atoms with Gasteiger partial charge in [-0.25, -0.2) is 0 Å². The Morgan fingerprint density at radius 2 is 0.806 bits per heavy atom. The number of hydrogen-bond acceptors (Lipinski definition) is 1. The Morgan fingerprint density at radius 1 is 0.333 bits per heavy atom. The number of fused-ring (bicyclic) bond motifs is 6. The Balaban J connectivity index is 0.770. The molecular formula is C70H54N2. The Bertz CT molecular complexity index is 3780. The van der Waals surface area contributed by atoms with Crippen LogP contribution < -0.4 is 4.90 Å². The normalized spacial score (nSPS) is 20.3. The van der Waals surface area contributed by atoms with Crippen LogP contribution in [0, 0.1) is 23.7 Å². The summed E-state index contributed by atoms with van der Waals surface area (Å²) in [6.45, 7) is 0. The number of rotatable bonds is 8. The van der Waals surface area contributed by atoms with E-state index in [1.165, 1.54) is 110 Å². The van der Waals surface area contributed by atoms with Crippen LogP contribution in [0.5, 0.6) is 0 Å². The van der Waals surface area contributed by atoms with Crippen molar-refractivity contribution < 1.29 is 0 Å². The highest BCUT2D eigenvalue weighted by molar-refractivity contribution is 6.09. The lowest BCUT2D eigenvalue weighted by atomic mass is 9.43. The zero-order valence-corrected chi connectivity index (χ0v) is 40.3. The van der Waals surface area contributed by atoms with E-state index in [0.29, 0.717) is 0 Å². The highest BCUT2D eigenvalue weighted by atomic mass is 15.1. The van der Waals surface area contributed by atoms with Gasteiger partial charge in [0, 0.05) is 38.9 Å². The predicted octanol–water partition coefficient (Wildman–Crippen LogP) is 18.6. The molecule has 11 aromatic rings. The lowest BCUT2D eigenvalue weighted by molar-refractivity contribution is -0.0399. The zero-order valence-electron chi connectivity index (χ0n) is 40.3. The van der Waals surface area contributed by atoms with Crippen molar-refractivity contribution in [3.63, 3.8) is 0 Å². The fourth-order valence-electron chi connectivity index (χ4n) is 14.8. The maximum atomic E-state index is 2.51. The van der Waals surface area contributed by atoms with Gasteiger partial charge in [0.25, 0.3) is 0 Å². The van der Waals surface area contributed by atoms with Gasteiger partial charge in [-0.1, -0.05) is 176 Å². The van der Waals surface area contributed by atoms with Crippen molar-refractivity contribution in [1.82, 2.24) is 4.57 Å². The summed E-state index contributed by atoms with van der Waals surface area (Å²) in [7, 11) is 0. The van der Waals surface area contributed by atoms with Crippen molar-refractivity contribution >= 4 is 38.9 Å². The largest absolute Gasteiger partial charge is 0.310 e. The van der Waals surface area contributed by atoms with Gasteiger partial charge < -0.3 is 9.47 Å². The van der Waals surface area contributed by atoms with Crippen LogP contribution >= 0.6 is 0 Å². The van der Waals surface area contributed by atoms with Crippen LogP contribution in [0.1, 0.15) is 43.2 Å². The molecule has 344 valence electrons. The standard InChI is InChI=1S/C70H54N2/c1-2-13-48(14-3-1)49-31-33-57(34-32-49)71(58-35-37-59(38-36-58)72-67-25-8-5-19-62(67)63-20-6-9-26-68(63)72)60-18-11-17-54(45-60)53-16-10-15-52(44-53)50-27-29-51(30-28-50)61-22-12-24-66-69(61)64-21-4-7-23-65(64)70(66)55-40-46-39-47(42-55)43-56(70)41-46/h1-38,44-47,55-56H,39-43H2. The van der Waals surface area contributed by atoms with Crippen LogP contribution in [-0.4, -0.2) is 4.57 Å². The topological polar surface area (TPSA) is 8.17 Å². The third-order valence-corrected chi connectivity index (χ3v) is 17.6. The average Bonchev–Trinajstić information content (AvgIpc) is 3.95. The second-order valence-corrected chi connectivity index (χ2v) is 21.3. The molecule has 0 unspecified atom stereocenters. The van der Waals surface area contributed by atoms with Crippen LogP contribution in [0.25, 0.3) is 83.1 Å². The summed E-state index contributed by atoms with van der Waals surface area (Å²) in [6.07, 6.45) is 7.10. The van der Waals surface area contributed by atoms with Crippen LogP contribution in [0.3, 0.4) is 0 Å². The molecule has 5 aliphatic rings. The molecule has 0 N–H and O–H groups in total. The van der Waals surface area contributed by atoms with E-state index in [-0.39, 0.29) is 5.41 Å². The minimum atomic E-state index is 0.177. The van der Waals surface area contributed by atoms with Crippen molar-refractivity contribution in [1.29, 1.82) is 0 Å². The summed E-state index contributed by atoms with van der Waals surface area (Å²) in [5, 5.41) is 2.53. The van der Waals surface area contributed by atoms with Gasteiger partial charge in [-0.3, -0.25) is 0 Å². The van der Waals surface area contributed by atoms with Gasteiger partial charge in [-0.05, 0) is 189 Å². The Morgan fingerprint density at radius 3 is 1.50 bits per heavy atom. The number of anilines is 3. The number of para-hydroxylation sites is 2. The molecular weight excluding hydrogens is 869 g/mol. The van der Waals surface area contributed by atoms with E-state index in [9.17, 15) is 0 Å². The van der Waals surface area contributed by atoms with Crippen molar-refractivity contribution in [2.75, 3.05) is 4.90 Å². The predicted molar refractivity (Wildman–Crippen MR) is 300 cm³/mol. The van der Waals surface area contributed by atoms with Gasteiger partial charge >= 0.3 is 0 Å². The van der Waals surface area contributed by atoms with E-state index >= 15 is 0 Å². The van der Waals surface area contributed by atoms with Crippen LogP contribution in [-0.2, 0) is 5.41 Å². The van der Waals surface area contributed by atoms with Crippen LogP contribution in [0.2, 0.25) is 0 Å². The lowest BCUT2D eigenvalue weighted by Crippen LogP contribution is -2.55. The van der Waals surface area contributed by atoms with E-state index in [1.54, 1.807) is 11.1 Å². The molecule has 16 rings (SSSR count). The first-order chi connectivity index (χ1) is 35.7. The summed E-state index contributed by atoms with van der Waals surface area (Å²) in [5.41, 5.74) is 23.2. The third kappa shape index (κ3) is 6.41. The highest BCUT2D eigenvalue weighted by Gasteiger charge is 2.61. The van der Waals surface area contributed by atoms with E-state index in [0.717, 1.165) is 46.4 Å². The van der Waals surface area contributed by atoms with Gasteiger partial charge in [0.1, 0.15) is 0 Å². The molecule has 4 saturated carbocycles. The molecule has 0 amide bonds. The molecule has 4 bridgehead atoms. The third-order valence-electron chi connectivity index (χ3n) is 17.6. The second kappa shape index (κ2) is 16.4. The number of benzene rings is 10. The molecule has 2 heteroatoms. The van der Waals surface area contributed by atoms with Crippen molar-refractivity contribution in [3.05, 3.63) is 254 Å². The maximum Gasteiger partial charge on any atom is 0.0541 e. The summed E-state index contributed by atoms with van der Waals surface area (Å²) < 4.78 is 2.39. The smallest absolute Gasteiger partial charge is 0.0541 e. The molecule has 1 spiro atoms.